The molecule has 0 unspecified atom stereocenters. The summed E-state index contributed by atoms with van der Waals surface area (Å²) in [7, 11) is -2.24. The van der Waals surface area contributed by atoms with Gasteiger partial charge in [-0.05, 0) is 46.3 Å². The Morgan fingerprint density at radius 2 is 0.933 bits per heavy atom. The van der Waals surface area contributed by atoms with Crippen LogP contribution < -0.4 is 10.4 Å². The lowest BCUT2D eigenvalue weighted by atomic mass is 10.0. The molecule has 0 saturated heterocycles. The van der Waals surface area contributed by atoms with Gasteiger partial charge in [-0.15, -0.1) is 0 Å². The fourth-order valence-corrected chi connectivity index (χ4v) is 11.0. The number of hydrogen-bond donors (Lipinski definition) is 0. The Labute approximate surface area is 260 Å². The standard InChI is InChI=1S/C40H28N4Si/c1-45(2)36-24-26-14-4-3-13-25(26)23-31(36)37-38(45)39(43-32-19-9-5-15-27(32)28-16-6-10-20-33(28)43)42-40(41-37)44-34-21-11-7-17-29(34)30-18-8-12-22-35(30)44/h3-24H,1-2H3. The van der Waals surface area contributed by atoms with Crippen molar-refractivity contribution in [2.75, 3.05) is 0 Å². The second-order valence-electron chi connectivity index (χ2n) is 12.7. The first-order valence-corrected chi connectivity index (χ1v) is 18.5. The van der Waals surface area contributed by atoms with E-state index in [0.29, 0.717) is 5.95 Å². The van der Waals surface area contributed by atoms with Crippen LogP contribution in [0.1, 0.15) is 0 Å². The zero-order valence-electron chi connectivity index (χ0n) is 25.0. The van der Waals surface area contributed by atoms with Crippen molar-refractivity contribution < 1.29 is 0 Å². The van der Waals surface area contributed by atoms with Crippen LogP contribution in [0.25, 0.3) is 77.4 Å². The van der Waals surface area contributed by atoms with E-state index in [1.54, 1.807) is 0 Å². The van der Waals surface area contributed by atoms with E-state index in [0.717, 1.165) is 22.5 Å². The van der Waals surface area contributed by atoms with Crippen molar-refractivity contribution in [3.05, 3.63) is 133 Å². The van der Waals surface area contributed by atoms with Crippen LogP contribution >= 0.6 is 0 Å². The lowest BCUT2D eigenvalue weighted by molar-refractivity contribution is 0.961. The van der Waals surface area contributed by atoms with E-state index in [1.165, 1.54) is 59.3 Å². The molecule has 3 aromatic heterocycles. The molecule has 0 fully saturated rings. The minimum absolute atomic E-state index is 0.703. The Hall–Kier alpha value is -5.52. The van der Waals surface area contributed by atoms with Crippen LogP contribution in [0.5, 0.6) is 0 Å². The molecule has 0 spiro atoms. The van der Waals surface area contributed by atoms with Crippen molar-refractivity contribution in [2.45, 2.75) is 13.1 Å². The normalized spacial score (nSPS) is 13.7. The van der Waals surface area contributed by atoms with Crippen LogP contribution in [0.2, 0.25) is 13.1 Å². The molecule has 0 atom stereocenters. The van der Waals surface area contributed by atoms with Gasteiger partial charge in [-0.3, -0.25) is 9.13 Å². The Morgan fingerprint density at radius 3 is 1.47 bits per heavy atom. The van der Waals surface area contributed by atoms with Gasteiger partial charge in [0.05, 0.1) is 27.8 Å². The molecule has 4 heterocycles. The quantitative estimate of drug-likeness (QED) is 0.188. The van der Waals surface area contributed by atoms with Gasteiger partial charge in [-0.25, -0.2) is 4.98 Å². The number of hydrogen-bond acceptors (Lipinski definition) is 2. The third kappa shape index (κ3) is 3.25. The molecule has 1 aliphatic heterocycles. The Morgan fingerprint density at radius 1 is 0.489 bits per heavy atom. The maximum Gasteiger partial charge on any atom is 0.237 e. The summed E-state index contributed by atoms with van der Waals surface area (Å²) in [6, 6.07) is 48.2. The number of aromatic nitrogens is 4. The van der Waals surface area contributed by atoms with E-state index in [4.69, 9.17) is 9.97 Å². The summed E-state index contributed by atoms with van der Waals surface area (Å²) in [5.74, 6) is 1.69. The first-order chi connectivity index (χ1) is 22.1. The highest BCUT2D eigenvalue weighted by Gasteiger charge is 2.43. The average molecular weight is 593 g/mol. The zero-order chi connectivity index (χ0) is 29.9. The van der Waals surface area contributed by atoms with Crippen LogP contribution in [-0.2, 0) is 0 Å². The van der Waals surface area contributed by atoms with E-state index in [2.05, 4.69) is 156 Å². The highest BCUT2D eigenvalue weighted by molar-refractivity contribution is 7.04. The SMILES string of the molecule is C[Si]1(C)c2cc3ccccc3cc2-c2nc(-n3c4ccccc4c4ccccc43)nc(-n3c4ccccc4c4ccccc43)c21. The van der Waals surface area contributed by atoms with Crippen LogP contribution in [0.3, 0.4) is 0 Å². The fourth-order valence-electron chi connectivity index (χ4n) is 7.85. The topological polar surface area (TPSA) is 35.6 Å². The highest BCUT2D eigenvalue weighted by Crippen LogP contribution is 2.38. The minimum Gasteiger partial charge on any atom is -0.294 e. The molecule has 0 saturated carbocycles. The van der Waals surface area contributed by atoms with E-state index >= 15 is 0 Å². The van der Waals surface area contributed by atoms with Crippen molar-refractivity contribution in [2.24, 2.45) is 0 Å². The van der Waals surface area contributed by atoms with Gasteiger partial charge in [0, 0.05) is 32.3 Å². The number of para-hydroxylation sites is 4. The number of rotatable bonds is 2. The molecular formula is C40H28N4Si. The molecule has 0 bridgehead atoms. The smallest absolute Gasteiger partial charge is 0.237 e. The molecule has 6 aromatic carbocycles. The average Bonchev–Trinajstić information content (AvgIpc) is 3.67. The van der Waals surface area contributed by atoms with Gasteiger partial charge in [0.15, 0.2) is 0 Å². The Bertz CT molecular complexity index is 2590. The molecule has 0 aliphatic carbocycles. The summed E-state index contributed by atoms with van der Waals surface area (Å²) in [5.41, 5.74) is 6.86. The molecule has 212 valence electrons. The van der Waals surface area contributed by atoms with E-state index in [9.17, 15) is 0 Å². The molecule has 1 aliphatic rings. The predicted octanol–water partition coefficient (Wildman–Crippen LogP) is 8.63. The third-order valence-electron chi connectivity index (χ3n) is 9.89. The Kier molecular flexibility index (Phi) is 4.85. The van der Waals surface area contributed by atoms with Crippen molar-refractivity contribution >= 4 is 72.8 Å². The Balaban J connectivity index is 1.41. The lowest BCUT2D eigenvalue weighted by Crippen LogP contribution is -2.51. The first kappa shape index (κ1) is 24.9. The number of fused-ring (bicyclic) bond motifs is 10. The van der Waals surface area contributed by atoms with Gasteiger partial charge in [0.2, 0.25) is 5.95 Å². The molecule has 45 heavy (non-hydrogen) atoms. The van der Waals surface area contributed by atoms with E-state index in [-0.39, 0.29) is 0 Å². The van der Waals surface area contributed by atoms with Crippen LogP contribution in [0.15, 0.2) is 133 Å². The van der Waals surface area contributed by atoms with Crippen molar-refractivity contribution in [3.8, 4) is 23.0 Å². The summed E-state index contributed by atoms with van der Waals surface area (Å²) in [6.45, 7) is 4.93. The van der Waals surface area contributed by atoms with Gasteiger partial charge in [-0.2, -0.15) is 4.98 Å². The second kappa shape index (κ2) is 8.77. The van der Waals surface area contributed by atoms with E-state index < -0.39 is 8.07 Å². The number of nitrogens with zero attached hydrogens (tertiary/aromatic N) is 4. The molecule has 4 nitrogen and oxygen atoms in total. The maximum atomic E-state index is 5.63. The van der Waals surface area contributed by atoms with Crippen LogP contribution in [-0.4, -0.2) is 27.2 Å². The zero-order valence-corrected chi connectivity index (χ0v) is 26.0. The maximum absolute atomic E-state index is 5.63. The fraction of sp³-hybridized carbons (Fsp3) is 0.0500. The molecule has 5 heteroatoms. The number of benzene rings is 6. The third-order valence-corrected chi connectivity index (χ3v) is 13.4. The molecule has 0 radical (unpaired) electrons. The van der Waals surface area contributed by atoms with Gasteiger partial charge in [0.25, 0.3) is 0 Å². The van der Waals surface area contributed by atoms with Crippen LogP contribution in [0.4, 0.5) is 0 Å². The van der Waals surface area contributed by atoms with Gasteiger partial charge in [0.1, 0.15) is 13.9 Å². The molecule has 0 N–H and O–H groups in total. The van der Waals surface area contributed by atoms with E-state index in [1.807, 2.05) is 0 Å². The van der Waals surface area contributed by atoms with Crippen molar-refractivity contribution in [3.63, 3.8) is 0 Å². The van der Waals surface area contributed by atoms with Gasteiger partial charge >= 0.3 is 0 Å². The summed E-state index contributed by atoms with van der Waals surface area (Å²) in [5, 5.41) is 10.1. The van der Waals surface area contributed by atoms with Gasteiger partial charge in [-0.1, -0.05) is 116 Å². The second-order valence-corrected chi connectivity index (χ2v) is 17.0. The predicted molar refractivity (Wildman–Crippen MR) is 190 cm³/mol. The molecule has 0 amide bonds. The molecular weight excluding hydrogens is 565 g/mol. The largest absolute Gasteiger partial charge is 0.294 e. The monoisotopic (exact) mass is 592 g/mol. The van der Waals surface area contributed by atoms with Gasteiger partial charge < -0.3 is 0 Å². The molecule has 9 aromatic rings. The van der Waals surface area contributed by atoms with Crippen molar-refractivity contribution in [1.82, 2.24) is 19.1 Å². The minimum atomic E-state index is -2.24. The lowest BCUT2D eigenvalue weighted by Gasteiger charge is -2.23. The summed E-state index contributed by atoms with van der Waals surface area (Å²) < 4.78 is 4.67. The molecule has 10 rings (SSSR count). The summed E-state index contributed by atoms with van der Waals surface area (Å²) in [6.07, 6.45) is 0. The summed E-state index contributed by atoms with van der Waals surface area (Å²) >= 11 is 0. The van der Waals surface area contributed by atoms with Crippen molar-refractivity contribution in [1.29, 1.82) is 0 Å². The first-order valence-electron chi connectivity index (χ1n) is 15.5. The highest BCUT2D eigenvalue weighted by atomic mass is 28.3. The summed E-state index contributed by atoms with van der Waals surface area (Å²) in [4.78, 5) is 11.2. The van der Waals surface area contributed by atoms with Crippen LogP contribution in [0, 0.1) is 0 Å².